The van der Waals surface area contributed by atoms with Gasteiger partial charge in [0.1, 0.15) is 5.76 Å². The molecule has 3 aromatic heterocycles. The Labute approximate surface area is 193 Å². The normalized spacial score (nSPS) is 12.3. The fourth-order valence-electron chi connectivity index (χ4n) is 3.73. The maximum atomic E-state index is 13.4. The molecule has 1 unspecified atom stereocenters. The molecule has 0 bridgehead atoms. The third kappa shape index (κ3) is 3.80. The van der Waals surface area contributed by atoms with E-state index < -0.39 is 5.25 Å². The molecule has 1 N–H and O–H groups in total. The second kappa shape index (κ2) is 8.59. The summed E-state index contributed by atoms with van der Waals surface area (Å²) in [5.41, 5.74) is 2.21. The number of carbonyl (C=O) groups excluding carboxylic acids is 1. The average molecular weight is 460 g/mol. The van der Waals surface area contributed by atoms with Crippen LogP contribution in [0.15, 0.2) is 81.3 Å². The molecule has 2 aromatic carbocycles. The van der Waals surface area contributed by atoms with Crippen molar-refractivity contribution in [2.24, 2.45) is 0 Å². The molecular weight excluding hydrogens is 438 g/mol. The minimum Gasteiger partial charge on any atom is -0.467 e. The van der Waals surface area contributed by atoms with Crippen LogP contribution in [0.1, 0.15) is 18.2 Å². The van der Waals surface area contributed by atoms with Crippen LogP contribution < -0.4 is 10.9 Å². The Morgan fingerprint density at radius 2 is 1.88 bits per heavy atom. The number of nitrogens with one attached hydrogen (secondary N) is 1. The van der Waals surface area contributed by atoms with Crippen LogP contribution in [-0.4, -0.2) is 30.3 Å². The SMILES string of the molecule is Cc1ccccc1-n1c(=O)c2ccccc2n2c(SC(C)C(=O)NCc3ccco3)nnc12. The first kappa shape index (κ1) is 21.0. The highest BCUT2D eigenvalue weighted by molar-refractivity contribution is 8.00. The van der Waals surface area contributed by atoms with Gasteiger partial charge in [0.25, 0.3) is 5.56 Å². The molecular formula is C24H21N5O3S. The second-order valence-corrected chi connectivity index (χ2v) is 8.93. The van der Waals surface area contributed by atoms with E-state index in [1.165, 1.54) is 11.8 Å². The van der Waals surface area contributed by atoms with Crippen LogP contribution in [0.2, 0.25) is 0 Å². The van der Waals surface area contributed by atoms with Crippen molar-refractivity contribution in [1.29, 1.82) is 0 Å². The maximum Gasteiger partial charge on any atom is 0.267 e. The van der Waals surface area contributed by atoms with Crippen molar-refractivity contribution in [1.82, 2.24) is 24.5 Å². The number of aromatic nitrogens is 4. The average Bonchev–Trinajstić information content (AvgIpc) is 3.49. The van der Waals surface area contributed by atoms with Gasteiger partial charge < -0.3 is 9.73 Å². The van der Waals surface area contributed by atoms with Crippen molar-refractivity contribution in [2.45, 2.75) is 30.8 Å². The molecule has 1 atom stereocenters. The Kier molecular flexibility index (Phi) is 5.47. The predicted molar refractivity (Wildman–Crippen MR) is 127 cm³/mol. The maximum absolute atomic E-state index is 13.4. The zero-order chi connectivity index (χ0) is 22.9. The van der Waals surface area contributed by atoms with E-state index in [2.05, 4.69) is 15.5 Å². The lowest BCUT2D eigenvalue weighted by Crippen LogP contribution is -2.30. The van der Waals surface area contributed by atoms with E-state index in [0.717, 1.165) is 11.3 Å². The molecule has 3 heterocycles. The van der Waals surface area contributed by atoms with E-state index in [-0.39, 0.29) is 11.5 Å². The van der Waals surface area contributed by atoms with Gasteiger partial charge in [0.15, 0.2) is 5.16 Å². The standard InChI is InChI=1S/C24H21N5O3S/c1-15-8-3-5-11-19(15)28-22(31)18-10-4-6-12-20(18)29-23(28)26-27-24(29)33-16(2)21(30)25-14-17-9-7-13-32-17/h3-13,16H,14H2,1-2H3,(H,25,30). The summed E-state index contributed by atoms with van der Waals surface area (Å²) in [6.45, 7) is 4.07. The number of hydrogen-bond donors (Lipinski definition) is 1. The van der Waals surface area contributed by atoms with Crippen LogP contribution in [0.25, 0.3) is 22.4 Å². The molecule has 5 rings (SSSR count). The highest BCUT2D eigenvalue weighted by atomic mass is 32.2. The quantitative estimate of drug-likeness (QED) is 0.389. The minimum absolute atomic E-state index is 0.148. The monoisotopic (exact) mass is 459 g/mol. The molecule has 1 amide bonds. The van der Waals surface area contributed by atoms with Crippen molar-refractivity contribution in [3.8, 4) is 5.69 Å². The van der Waals surface area contributed by atoms with Gasteiger partial charge in [0.05, 0.1) is 34.6 Å². The molecule has 5 aromatic rings. The van der Waals surface area contributed by atoms with Gasteiger partial charge in [-0.05, 0) is 49.7 Å². The number of aryl methyl sites for hydroxylation is 1. The number of thioether (sulfide) groups is 1. The van der Waals surface area contributed by atoms with Crippen molar-refractivity contribution in [3.63, 3.8) is 0 Å². The predicted octanol–water partition coefficient (Wildman–Crippen LogP) is 3.73. The van der Waals surface area contributed by atoms with Gasteiger partial charge in [0, 0.05) is 0 Å². The van der Waals surface area contributed by atoms with Crippen molar-refractivity contribution in [2.75, 3.05) is 0 Å². The third-order valence-electron chi connectivity index (χ3n) is 5.42. The Bertz CT molecular complexity index is 1520. The highest BCUT2D eigenvalue weighted by Crippen LogP contribution is 2.26. The highest BCUT2D eigenvalue weighted by Gasteiger charge is 2.22. The first-order valence-electron chi connectivity index (χ1n) is 10.5. The zero-order valence-corrected chi connectivity index (χ0v) is 18.9. The fourth-order valence-corrected chi connectivity index (χ4v) is 4.61. The van der Waals surface area contributed by atoms with E-state index >= 15 is 0 Å². The number of para-hydroxylation sites is 2. The molecule has 0 radical (unpaired) electrons. The molecule has 8 nitrogen and oxygen atoms in total. The van der Waals surface area contributed by atoms with E-state index in [0.29, 0.717) is 34.1 Å². The van der Waals surface area contributed by atoms with Crippen LogP contribution in [0.4, 0.5) is 0 Å². The van der Waals surface area contributed by atoms with Gasteiger partial charge in [-0.3, -0.25) is 14.0 Å². The number of rotatable bonds is 6. The van der Waals surface area contributed by atoms with Crippen LogP contribution in [0.3, 0.4) is 0 Å². The van der Waals surface area contributed by atoms with Crippen molar-refractivity contribution >= 4 is 34.3 Å². The molecule has 0 aliphatic heterocycles. The molecule has 0 aliphatic carbocycles. The summed E-state index contributed by atoms with van der Waals surface area (Å²) in [7, 11) is 0. The summed E-state index contributed by atoms with van der Waals surface area (Å²) in [5.74, 6) is 0.935. The smallest absolute Gasteiger partial charge is 0.267 e. The Morgan fingerprint density at radius 3 is 2.67 bits per heavy atom. The van der Waals surface area contributed by atoms with E-state index in [4.69, 9.17) is 4.42 Å². The molecule has 0 fully saturated rings. The van der Waals surface area contributed by atoms with Gasteiger partial charge in [-0.2, -0.15) is 0 Å². The topological polar surface area (TPSA) is 94.4 Å². The first-order chi connectivity index (χ1) is 16.0. The molecule has 0 saturated carbocycles. The van der Waals surface area contributed by atoms with Crippen LogP contribution in [0.5, 0.6) is 0 Å². The Morgan fingerprint density at radius 1 is 1.09 bits per heavy atom. The van der Waals surface area contributed by atoms with Gasteiger partial charge in [-0.1, -0.05) is 42.1 Å². The first-order valence-corrected chi connectivity index (χ1v) is 11.3. The molecule has 0 aliphatic rings. The van der Waals surface area contributed by atoms with Crippen molar-refractivity contribution in [3.05, 3.63) is 88.6 Å². The van der Waals surface area contributed by atoms with Crippen LogP contribution >= 0.6 is 11.8 Å². The number of carbonyl (C=O) groups is 1. The molecule has 33 heavy (non-hydrogen) atoms. The summed E-state index contributed by atoms with van der Waals surface area (Å²) in [6.07, 6.45) is 1.57. The Hall–Kier alpha value is -3.85. The van der Waals surface area contributed by atoms with Gasteiger partial charge in [-0.15, -0.1) is 10.2 Å². The van der Waals surface area contributed by atoms with Crippen LogP contribution in [-0.2, 0) is 11.3 Å². The molecule has 9 heteroatoms. The number of hydrogen-bond acceptors (Lipinski definition) is 6. The molecule has 0 spiro atoms. The van der Waals surface area contributed by atoms with Gasteiger partial charge >= 0.3 is 0 Å². The number of fused-ring (bicyclic) bond motifs is 3. The largest absolute Gasteiger partial charge is 0.467 e. The molecule has 166 valence electrons. The van der Waals surface area contributed by atoms with Gasteiger partial charge in [0.2, 0.25) is 11.7 Å². The zero-order valence-electron chi connectivity index (χ0n) is 18.1. The lowest BCUT2D eigenvalue weighted by Gasteiger charge is -2.14. The number of amides is 1. The number of nitrogens with zero attached hydrogens (tertiary/aromatic N) is 4. The molecule has 0 saturated heterocycles. The number of furan rings is 1. The summed E-state index contributed by atoms with van der Waals surface area (Å²) >= 11 is 1.29. The van der Waals surface area contributed by atoms with E-state index in [1.807, 2.05) is 60.7 Å². The summed E-state index contributed by atoms with van der Waals surface area (Å²) < 4.78 is 8.69. The number of benzene rings is 2. The third-order valence-corrected chi connectivity index (χ3v) is 6.46. The summed E-state index contributed by atoms with van der Waals surface area (Å²) in [4.78, 5) is 26.1. The summed E-state index contributed by atoms with van der Waals surface area (Å²) in [5, 5.41) is 12.2. The fraction of sp³-hybridized carbons (Fsp3) is 0.167. The van der Waals surface area contributed by atoms with Crippen LogP contribution in [0, 0.1) is 6.92 Å². The minimum atomic E-state index is -0.440. The van der Waals surface area contributed by atoms with E-state index in [9.17, 15) is 9.59 Å². The van der Waals surface area contributed by atoms with Gasteiger partial charge in [-0.25, -0.2) is 4.57 Å². The lowest BCUT2D eigenvalue weighted by atomic mass is 10.2. The second-order valence-electron chi connectivity index (χ2n) is 7.62. The van der Waals surface area contributed by atoms with Crippen molar-refractivity contribution < 1.29 is 9.21 Å². The summed E-state index contributed by atoms with van der Waals surface area (Å²) in [6, 6.07) is 18.6. The van der Waals surface area contributed by atoms with E-state index in [1.54, 1.807) is 29.0 Å². The lowest BCUT2D eigenvalue weighted by molar-refractivity contribution is -0.120. The Balaban J connectivity index is 1.58.